The molecular weight excluding hydrogens is 331 g/mol. The highest BCUT2D eigenvalue weighted by molar-refractivity contribution is 9.10. The van der Waals surface area contributed by atoms with Crippen molar-refractivity contribution in [3.8, 4) is 0 Å². The average molecular weight is 346 g/mol. The molecule has 0 spiro atoms. The van der Waals surface area contributed by atoms with Crippen LogP contribution in [0.1, 0.15) is 31.6 Å². The molecule has 1 saturated carbocycles. The fourth-order valence-electron chi connectivity index (χ4n) is 2.76. The molecule has 1 heterocycles. The highest BCUT2D eigenvalue weighted by Gasteiger charge is 2.39. The SMILES string of the molecule is CCC1CC1n1c(CCCl)nc2cc(F)c(Br)cc21. The Hall–Kier alpha value is -0.610. The van der Waals surface area contributed by atoms with Crippen LogP contribution >= 0.6 is 27.5 Å². The van der Waals surface area contributed by atoms with Gasteiger partial charge in [-0.1, -0.05) is 13.3 Å². The highest BCUT2D eigenvalue weighted by atomic mass is 79.9. The van der Waals surface area contributed by atoms with Crippen LogP contribution < -0.4 is 0 Å². The molecule has 1 aromatic carbocycles. The molecular formula is C14H15BrClFN2. The Labute approximate surface area is 125 Å². The first-order valence-electron chi connectivity index (χ1n) is 6.57. The van der Waals surface area contributed by atoms with Gasteiger partial charge in [0.1, 0.15) is 11.6 Å². The van der Waals surface area contributed by atoms with Gasteiger partial charge in [-0.25, -0.2) is 9.37 Å². The fourth-order valence-corrected chi connectivity index (χ4v) is 3.26. The van der Waals surface area contributed by atoms with Gasteiger partial charge in [-0.15, -0.1) is 11.6 Å². The zero-order valence-electron chi connectivity index (χ0n) is 10.7. The van der Waals surface area contributed by atoms with Crippen LogP contribution in [0.2, 0.25) is 0 Å². The largest absolute Gasteiger partial charge is 0.324 e. The van der Waals surface area contributed by atoms with Gasteiger partial charge in [0.2, 0.25) is 0 Å². The minimum Gasteiger partial charge on any atom is -0.324 e. The fraction of sp³-hybridized carbons (Fsp3) is 0.500. The van der Waals surface area contributed by atoms with Gasteiger partial charge in [-0.2, -0.15) is 0 Å². The Bertz CT molecular complexity index is 625. The second kappa shape index (κ2) is 5.06. The third kappa shape index (κ3) is 2.29. The molecule has 102 valence electrons. The molecule has 2 aromatic rings. The molecule has 1 fully saturated rings. The zero-order valence-corrected chi connectivity index (χ0v) is 13.0. The summed E-state index contributed by atoms with van der Waals surface area (Å²) in [6, 6.07) is 3.84. The van der Waals surface area contributed by atoms with Gasteiger partial charge in [-0.05, 0) is 34.3 Å². The summed E-state index contributed by atoms with van der Waals surface area (Å²) >= 11 is 9.12. The second-order valence-electron chi connectivity index (χ2n) is 5.06. The lowest BCUT2D eigenvalue weighted by atomic mass is 10.3. The van der Waals surface area contributed by atoms with Gasteiger partial charge in [0.15, 0.2) is 0 Å². The van der Waals surface area contributed by atoms with E-state index in [2.05, 4.69) is 32.4 Å². The van der Waals surface area contributed by atoms with Gasteiger partial charge >= 0.3 is 0 Å². The van der Waals surface area contributed by atoms with E-state index < -0.39 is 0 Å². The van der Waals surface area contributed by atoms with Crippen LogP contribution in [0.15, 0.2) is 16.6 Å². The summed E-state index contributed by atoms with van der Waals surface area (Å²) in [4.78, 5) is 4.55. The summed E-state index contributed by atoms with van der Waals surface area (Å²) in [6.45, 7) is 2.21. The van der Waals surface area contributed by atoms with E-state index in [1.807, 2.05) is 6.07 Å². The van der Waals surface area contributed by atoms with Gasteiger partial charge in [0, 0.05) is 24.4 Å². The maximum Gasteiger partial charge on any atom is 0.139 e. The van der Waals surface area contributed by atoms with E-state index in [4.69, 9.17) is 11.6 Å². The van der Waals surface area contributed by atoms with E-state index >= 15 is 0 Å². The van der Waals surface area contributed by atoms with Crippen LogP contribution in [0.4, 0.5) is 4.39 Å². The number of fused-ring (bicyclic) bond motifs is 1. The second-order valence-corrected chi connectivity index (χ2v) is 6.30. The Morgan fingerprint density at radius 3 is 2.95 bits per heavy atom. The van der Waals surface area contributed by atoms with Crippen LogP contribution in [0.3, 0.4) is 0 Å². The van der Waals surface area contributed by atoms with Crippen molar-refractivity contribution < 1.29 is 4.39 Å². The maximum atomic E-state index is 13.6. The molecule has 1 aliphatic rings. The van der Waals surface area contributed by atoms with E-state index in [9.17, 15) is 4.39 Å². The number of hydrogen-bond acceptors (Lipinski definition) is 1. The number of benzene rings is 1. The van der Waals surface area contributed by atoms with Crippen molar-refractivity contribution in [2.75, 3.05) is 5.88 Å². The van der Waals surface area contributed by atoms with Crippen molar-refractivity contribution in [3.63, 3.8) is 0 Å². The summed E-state index contributed by atoms with van der Waals surface area (Å²) in [7, 11) is 0. The molecule has 0 radical (unpaired) electrons. The van der Waals surface area contributed by atoms with Crippen molar-refractivity contribution in [1.29, 1.82) is 0 Å². The Morgan fingerprint density at radius 2 is 2.32 bits per heavy atom. The van der Waals surface area contributed by atoms with Crippen LogP contribution in [-0.4, -0.2) is 15.4 Å². The van der Waals surface area contributed by atoms with E-state index in [1.165, 1.54) is 18.9 Å². The summed E-state index contributed by atoms with van der Waals surface area (Å²) in [6.07, 6.45) is 3.08. The summed E-state index contributed by atoms with van der Waals surface area (Å²) in [5, 5.41) is 0. The van der Waals surface area contributed by atoms with Crippen molar-refractivity contribution in [3.05, 3.63) is 28.2 Å². The number of rotatable bonds is 4. The maximum absolute atomic E-state index is 13.6. The Kier molecular flexibility index (Phi) is 3.56. The van der Waals surface area contributed by atoms with Gasteiger partial charge in [0.25, 0.3) is 0 Å². The van der Waals surface area contributed by atoms with Crippen LogP contribution in [0, 0.1) is 11.7 Å². The summed E-state index contributed by atoms with van der Waals surface area (Å²) in [5.41, 5.74) is 1.73. The first-order valence-corrected chi connectivity index (χ1v) is 7.90. The standard InChI is InChI=1S/C14H15BrClFN2/c1-2-8-5-12(8)19-13-6-9(15)10(17)7-11(13)18-14(19)3-4-16/h6-8,12H,2-5H2,1H3. The summed E-state index contributed by atoms with van der Waals surface area (Å²) < 4.78 is 16.4. The van der Waals surface area contributed by atoms with Gasteiger partial charge < -0.3 is 4.57 Å². The highest BCUT2D eigenvalue weighted by Crippen LogP contribution is 2.48. The molecule has 0 bridgehead atoms. The van der Waals surface area contributed by atoms with Gasteiger partial charge in [-0.3, -0.25) is 0 Å². The smallest absolute Gasteiger partial charge is 0.139 e. The lowest BCUT2D eigenvalue weighted by Gasteiger charge is -2.08. The number of halogens is 3. The molecule has 3 rings (SSSR count). The van der Waals surface area contributed by atoms with Gasteiger partial charge in [0.05, 0.1) is 15.5 Å². The van der Waals surface area contributed by atoms with Crippen molar-refractivity contribution in [1.82, 2.24) is 9.55 Å². The first-order chi connectivity index (χ1) is 9.15. The third-order valence-corrected chi connectivity index (χ3v) is 4.66. The predicted molar refractivity (Wildman–Crippen MR) is 79.3 cm³/mol. The number of nitrogens with zero attached hydrogens (tertiary/aromatic N) is 2. The number of imidazole rings is 1. The molecule has 19 heavy (non-hydrogen) atoms. The van der Waals surface area contributed by atoms with Crippen molar-refractivity contribution in [2.45, 2.75) is 32.2 Å². The Morgan fingerprint density at radius 1 is 1.53 bits per heavy atom. The molecule has 0 aliphatic heterocycles. The van der Waals surface area contributed by atoms with Crippen molar-refractivity contribution in [2.24, 2.45) is 5.92 Å². The first kappa shape index (κ1) is 13.4. The minimum absolute atomic E-state index is 0.266. The van der Waals surface area contributed by atoms with E-state index in [-0.39, 0.29) is 5.82 Å². The van der Waals surface area contributed by atoms with E-state index in [1.54, 1.807) is 0 Å². The van der Waals surface area contributed by atoms with Crippen molar-refractivity contribution >= 4 is 38.6 Å². The minimum atomic E-state index is -0.266. The summed E-state index contributed by atoms with van der Waals surface area (Å²) in [5.74, 6) is 1.97. The molecule has 5 heteroatoms. The van der Waals surface area contributed by atoms with E-state index in [0.717, 1.165) is 29.2 Å². The predicted octanol–water partition coefficient (Wildman–Crippen LogP) is 4.69. The monoisotopic (exact) mass is 344 g/mol. The topological polar surface area (TPSA) is 17.8 Å². The Balaban J connectivity index is 2.15. The van der Waals surface area contributed by atoms with Crippen LogP contribution in [0.5, 0.6) is 0 Å². The lowest BCUT2D eigenvalue weighted by Crippen LogP contribution is -2.04. The molecule has 0 saturated heterocycles. The normalized spacial score (nSPS) is 22.1. The average Bonchev–Trinajstić information content (AvgIpc) is 3.08. The zero-order chi connectivity index (χ0) is 13.6. The number of aromatic nitrogens is 2. The molecule has 2 atom stereocenters. The molecule has 2 unspecified atom stereocenters. The molecule has 0 N–H and O–H groups in total. The number of aryl methyl sites for hydroxylation is 1. The van der Waals surface area contributed by atoms with Crippen LogP contribution in [-0.2, 0) is 6.42 Å². The lowest BCUT2D eigenvalue weighted by molar-refractivity contribution is 0.620. The number of alkyl halides is 1. The third-order valence-electron chi connectivity index (χ3n) is 3.86. The quantitative estimate of drug-likeness (QED) is 0.735. The van der Waals surface area contributed by atoms with E-state index in [0.29, 0.717) is 16.4 Å². The van der Waals surface area contributed by atoms with Crippen LogP contribution in [0.25, 0.3) is 11.0 Å². The molecule has 0 amide bonds. The number of hydrogen-bond donors (Lipinski definition) is 0. The molecule has 2 nitrogen and oxygen atoms in total. The molecule has 1 aliphatic carbocycles. The molecule has 1 aromatic heterocycles.